The van der Waals surface area contributed by atoms with Crippen LogP contribution in [0.25, 0.3) is 91.1 Å². The number of carbonyl (C=O) groups is 2. The average Bonchev–Trinajstić information content (AvgIpc) is 0.796. The smallest absolute Gasteiger partial charge is 0.343 e. The normalized spacial score (nSPS) is 10.6. The van der Waals surface area contributed by atoms with Crippen LogP contribution in [0.4, 0.5) is 0 Å². The third kappa shape index (κ3) is 21.3. The van der Waals surface area contributed by atoms with Gasteiger partial charge >= 0.3 is 5.97 Å². The second-order valence-electron chi connectivity index (χ2n) is 25.6. The van der Waals surface area contributed by atoms with Crippen molar-refractivity contribution in [2.24, 2.45) is 0 Å². The number of rotatable bonds is 11. The molecular formula is C86H73Cl5N12O6. The van der Waals surface area contributed by atoms with E-state index >= 15 is 0 Å². The van der Waals surface area contributed by atoms with Crippen LogP contribution in [0.1, 0.15) is 87.5 Å². The summed E-state index contributed by atoms with van der Waals surface area (Å²) in [4.78, 5) is 74.6. The lowest BCUT2D eigenvalue weighted by Crippen LogP contribution is -2.08. The molecule has 14 aromatic rings. The molecule has 0 aliphatic rings. The van der Waals surface area contributed by atoms with Gasteiger partial charge in [-0.15, -0.1) is 0 Å². The van der Waals surface area contributed by atoms with Crippen molar-refractivity contribution in [3.63, 3.8) is 0 Å². The Hall–Kier alpha value is -11.8. The number of aromatic nitrogens is 12. The fourth-order valence-electron chi connectivity index (χ4n) is 10.5. The Morgan fingerprint density at radius 3 is 0.817 bits per heavy atom. The van der Waals surface area contributed by atoms with E-state index in [0.717, 1.165) is 55.6 Å². The fourth-order valence-corrected chi connectivity index (χ4v) is 11.4. The highest BCUT2D eigenvalue weighted by Gasteiger charge is 2.20. The monoisotopic (exact) mass is 1540 g/mol. The zero-order valence-electron chi connectivity index (χ0n) is 61.5. The molecule has 0 saturated carbocycles. The number of aryl methyl sites for hydroxylation is 12. The second kappa shape index (κ2) is 36.2. The molecule has 0 fully saturated rings. The number of nitrogens with zero attached hydrogens (tertiary/aromatic N) is 12. The van der Waals surface area contributed by atoms with E-state index in [1.165, 1.54) is 62.7 Å². The Kier molecular flexibility index (Phi) is 26.5. The van der Waals surface area contributed by atoms with Crippen LogP contribution in [-0.4, -0.2) is 86.3 Å². The first kappa shape index (κ1) is 79.8. The van der Waals surface area contributed by atoms with Gasteiger partial charge < -0.3 is 20.1 Å². The summed E-state index contributed by atoms with van der Waals surface area (Å²) in [6.07, 6.45) is 0. The zero-order valence-corrected chi connectivity index (χ0v) is 65.2. The second-order valence-corrected chi connectivity index (χ2v) is 27.3. The standard InChI is InChI=1S/C32H27N3O3.C25H23N3O2.C19H18ClN3.C7H5ClO.C3Cl3N3/c1-19-10-12-24(16-21(19)3)29-33-30(25-13-11-20(2)22(4)17-25)35-31(34-29)27-15-14-26(18-28(27)36)38-32(37)23-8-6-5-7-9-23;1-14-5-7-18(11-16(14)3)23-26-24(19-8-6-15(2)17(4)12-19)28-25(27-23)21-10-9-20(29)13-22(21)30;1-11-5-7-15(9-13(11)3)17-21-18(23-19(20)22-17)16-8-6-12(2)14(4)10-16;8-7(9)6-4-2-1-3-5-6;4-1-7-2(5)9-3(6)8-1/h5-18,36H,1-4H3;5-13,29-30H,1-4H3;5-10H,1-4H3;1-5H;. The molecule has 0 atom stereocenters. The number of phenols is 3. The number of hydrogen-bond donors (Lipinski definition) is 3. The van der Waals surface area contributed by atoms with Gasteiger partial charge in [-0.3, -0.25) is 4.79 Å². The lowest BCUT2D eigenvalue weighted by molar-refractivity contribution is 0.0734. The van der Waals surface area contributed by atoms with Gasteiger partial charge in [0.2, 0.25) is 21.1 Å². The van der Waals surface area contributed by atoms with Gasteiger partial charge in [0.25, 0.3) is 5.24 Å². The molecule has 18 nitrogen and oxygen atoms in total. The largest absolute Gasteiger partial charge is 0.508 e. The molecule has 3 N–H and O–H groups in total. The number of phenolic OH excluding ortho intramolecular Hbond substituents is 3. The van der Waals surface area contributed by atoms with E-state index in [1.807, 2.05) is 98.8 Å². The quantitative estimate of drug-likeness (QED) is 0.0617. The number of aromatic hydroxyl groups is 3. The van der Waals surface area contributed by atoms with Crippen molar-refractivity contribution in [1.82, 2.24) is 59.8 Å². The molecule has 0 aliphatic heterocycles. The van der Waals surface area contributed by atoms with Crippen molar-refractivity contribution in [2.75, 3.05) is 0 Å². The van der Waals surface area contributed by atoms with Crippen LogP contribution in [-0.2, 0) is 0 Å². The molecule has 0 unspecified atom stereocenters. The van der Waals surface area contributed by atoms with Crippen molar-refractivity contribution in [3.05, 3.63) is 305 Å². The Bertz CT molecular complexity index is 5440. The summed E-state index contributed by atoms with van der Waals surface area (Å²) in [7, 11) is 0. The highest BCUT2D eigenvalue weighted by molar-refractivity contribution is 6.67. The first-order valence-corrected chi connectivity index (χ1v) is 35.9. The van der Waals surface area contributed by atoms with Gasteiger partial charge in [0.1, 0.15) is 23.0 Å². The van der Waals surface area contributed by atoms with Crippen LogP contribution in [0.2, 0.25) is 21.1 Å². The molecule has 548 valence electrons. The molecule has 0 bridgehead atoms. The van der Waals surface area contributed by atoms with Gasteiger partial charge in [-0.2, -0.15) is 24.9 Å². The van der Waals surface area contributed by atoms with Crippen LogP contribution in [0.3, 0.4) is 0 Å². The van der Waals surface area contributed by atoms with Crippen molar-refractivity contribution in [1.29, 1.82) is 0 Å². The van der Waals surface area contributed by atoms with Gasteiger partial charge in [-0.25, -0.2) is 39.7 Å². The molecule has 4 aromatic heterocycles. The zero-order chi connectivity index (χ0) is 78.3. The molecule has 10 aromatic carbocycles. The molecule has 0 spiro atoms. The minimum atomic E-state index is -0.507. The topological polar surface area (TPSA) is 259 Å². The number of hydrogen-bond acceptors (Lipinski definition) is 18. The van der Waals surface area contributed by atoms with E-state index in [-0.39, 0.29) is 44.1 Å². The number of carbonyl (C=O) groups excluding carboxylic acids is 2. The molecular weight excluding hydrogens is 1470 g/mol. The van der Waals surface area contributed by atoms with Crippen LogP contribution < -0.4 is 4.74 Å². The minimum absolute atomic E-state index is 0.000000000000000444. The van der Waals surface area contributed by atoms with E-state index in [9.17, 15) is 24.9 Å². The van der Waals surface area contributed by atoms with Crippen LogP contribution in [0.15, 0.2) is 206 Å². The lowest BCUT2D eigenvalue weighted by Gasteiger charge is -2.12. The molecule has 109 heavy (non-hydrogen) atoms. The number of ether oxygens (including phenoxy) is 1. The third-order valence-corrected chi connectivity index (χ3v) is 18.6. The number of halogens is 5. The maximum absolute atomic E-state index is 12.4. The van der Waals surface area contributed by atoms with Gasteiger partial charge in [0.05, 0.1) is 16.7 Å². The van der Waals surface area contributed by atoms with E-state index < -0.39 is 11.2 Å². The first-order valence-electron chi connectivity index (χ1n) is 34.0. The molecule has 0 amide bonds. The Morgan fingerprint density at radius 1 is 0.275 bits per heavy atom. The summed E-state index contributed by atoms with van der Waals surface area (Å²) in [5.74, 6) is 3.44. The maximum atomic E-state index is 12.4. The summed E-state index contributed by atoms with van der Waals surface area (Å²) in [5, 5.41) is 30.7. The van der Waals surface area contributed by atoms with Crippen molar-refractivity contribution < 1.29 is 29.6 Å². The van der Waals surface area contributed by atoms with E-state index in [2.05, 4.69) is 146 Å². The summed E-state index contributed by atoms with van der Waals surface area (Å²) in [6.45, 7) is 24.8. The average molecular weight is 1550 g/mol. The number of esters is 1. The molecule has 4 heterocycles. The van der Waals surface area contributed by atoms with Crippen molar-refractivity contribution >= 4 is 69.2 Å². The highest BCUT2D eigenvalue weighted by Crippen LogP contribution is 2.36. The predicted molar refractivity (Wildman–Crippen MR) is 433 cm³/mol. The Morgan fingerprint density at radius 2 is 0.541 bits per heavy atom. The first-order chi connectivity index (χ1) is 52.0. The van der Waals surface area contributed by atoms with E-state index in [4.69, 9.17) is 82.7 Å². The minimum Gasteiger partial charge on any atom is -0.508 e. The Labute approximate surface area is 656 Å². The SMILES string of the molecule is Cc1ccc(-c2nc(-c3ccc(C)c(C)c3)nc(-c3ccc(O)cc3O)n2)cc1C.Cc1ccc(-c2nc(-c3ccc(C)c(C)c3)nc(-c3ccc(OC(=O)c4ccccc4)cc3O)n2)cc1C.Cc1ccc(-c2nc(Cl)nc(-c3ccc(C)c(C)c3)n2)cc1C.Clc1nc(Cl)nc(Cl)n1.O=C(Cl)c1ccccc1. The van der Waals surface area contributed by atoms with Gasteiger partial charge in [0.15, 0.2) is 46.6 Å². The maximum Gasteiger partial charge on any atom is 0.343 e. The van der Waals surface area contributed by atoms with Gasteiger partial charge in [-0.1, -0.05) is 121 Å². The summed E-state index contributed by atoms with van der Waals surface area (Å²) >= 11 is 27.3. The molecule has 0 radical (unpaired) electrons. The molecule has 0 saturated heterocycles. The number of benzene rings is 10. The summed E-state index contributed by atoms with van der Waals surface area (Å²) < 4.78 is 5.45. The summed E-state index contributed by atoms with van der Waals surface area (Å²) in [6, 6.07) is 63.1. The van der Waals surface area contributed by atoms with Crippen LogP contribution >= 0.6 is 58.0 Å². The third-order valence-electron chi connectivity index (χ3n) is 17.7. The molecule has 0 aliphatic carbocycles. The van der Waals surface area contributed by atoms with Gasteiger partial charge in [-0.05, 0) is 281 Å². The van der Waals surface area contributed by atoms with Crippen LogP contribution in [0, 0.1) is 83.1 Å². The van der Waals surface area contributed by atoms with Crippen molar-refractivity contribution in [3.8, 4) is 114 Å². The predicted octanol–water partition coefficient (Wildman–Crippen LogP) is 21.5. The summed E-state index contributed by atoms with van der Waals surface area (Å²) in [5.41, 5.74) is 21.3. The van der Waals surface area contributed by atoms with Crippen LogP contribution in [0.5, 0.6) is 23.0 Å². The van der Waals surface area contributed by atoms with Gasteiger partial charge in [0, 0.05) is 51.1 Å². The fraction of sp³-hybridized carbons (Fsp3) is 0.140. The molecule has 23 heteroatoms. The van der Waals surface area contributed by atoms with E-state index in [1.54, 1.807) is 66.7 Å². The van der Waals surface area contributed by atoms with E-state index in [0.29, 0.717) is 68.8 Å². The highest BCUT2D eigenvalue weighted by atomic mass is 35.5. The lowest BCUT2D eigenvalue weighted by atomic mass is 10.0. The molecule has 14 rings (SSSR count). The Balaban J connectivity index is 0.000000159. The van der Waals surface area contributed by atoms with Crippen molar-refractivity contribution in [2.45, 2.75) is 83.1 Å².